The van der Waals surface area contributed by atoms with Crippen molar-refractivity contribution < 1.29 is 4.79 Å². The highest BCUT2D eigenvalue weighted by molar-refractivity contribution is 6.99. The number of nitrogens with one attached hydrogen (secondary N) is 1. The van der Waals surface area contributed by atoms with Crippen molar-refractivity contribution in [2.75, 3.05) is 5.32 Å². The van der Waals surface area contributed by atoms with Crippen LogP contribution in [0.1, 0.15) is 17.7 Å². The van der Waals surface area contributed by atoms with E-state index < -0.39 is 0 Å². The predicted molar refractivity (Wildman–Crippen MR) is 66.1 cm³/mol. The Hall–Kier alpha value is -1.89. The second-order valence-electron chi connectivity index (χ2n) is 4.22. The van der Waals surface area contributed by atoms with Crippen molar-refractivity contribution in [3.63, 3.8) is 0 Å². The number of rotatable bonds is 2. The van der Waals surface area contributed by atoms with Crippen LogP contribution in [0.4, 0.5) is 5.82 Å². The Morgan fingerprint density at radius 3 is 3.22 bits per heavy atom. The summed E-state index contributed by atoms with van der Waals surface area (Å²) in [5.74, 6) is 0.488. The van der Waals surface area contributed by atoms with E-state index in [1.165, 1.54) is 0 Å². The van der Waals surface area contributed by atoms with Crippen LogP contribution in [0.5, 0.6) is 0 Å². The van der Waals surface area contributed by atoms with Crippen LogP contribution in [0.25, 0.3) is 0 Å². The molecular weight excluding hydrogens is 250 g/mol. The Morgan fingerprint density at radius 2 is 2.39 bits per heavy atom. The van der Waals surface area contributed by atoms with E-state index in [2.05, 4.69) is 24.0 Å². The SMILES string of the molecule is O=C(Nc1cnsn1)C1CCc2ncncc2C1. The van der Waals surface area contributed by atoms with Gasteiger partial charge in [0.15, 0.2) is 5.82 Å². The lowest BCUT2D eigenvalue weighted by Crippen LogP contribution is -2.28. The normalized spacial score (nSPS) is 18.1. The van der Waals surface area contributed by atoms with Gasteiger partial charge in [0.05, 0.1) is 17.9 Å². The van der Waals surface area contributed by atoms with E-state index >= 15 is 0 Å². The smallest absolute Gasteiger partial charge is 0.229 e. The van der Waals surface area contributed by atoms with E-state index in [1.807, 2.05) is 0 Å². The minimum Gasteiger partial charge on any atom is -0.308 e. The minimum absolute atomic E-state index is 0.00259. The first-order valence-electron chi connectivity index (χ1n) is 5.69. The molecule has 0 fully saturated rings. The maximum absolute atomic E-state index is 12.1. The Balaban J connectivity index is 1.70. The zero-order valence-corrected chi connectivity index (χ0v) is 10.4. The van der Waals surface area contributed by atoms with Crippen molar-refractivity contribution in [2.45, 2.75) is 19.3 Å². The molecule has 1 amide bonds. The van der Waals surface area contributed by atoms with Gasteiger partial charge in [0.1, 0.15) is 6.33 Å². The van der Waals surface area contributed by atoms with Gasteiger partial charge in [0.25, 0.3) is 0 Å². The van der Waals surface area contributed by atoms with E-state index in [0.29, 0.717) is 12.2 Å². The highest BCUT2D eigenvalue weighted by Crippen LogP contribution is 2.24. The first-order chi connectivity index (χ1) is 8.83. The largest absolute Gasteiger partial charge is 0.308 e. The van der Waals surface area contributed by atoms with Gasteiger partial charge in [0, 0.05) is 17.8 Å². The number of aryl methyl sites for hydroxylation is 1. The van der Waals surface area contributed by atoms with Gasteiger partial charge in [-0.3, -0.25) is 4.79 Å². The number of carbonyl (C=O) groups excluding carboxylic acids is 1. The second kappa shape index (κ2) is 4.77. The van der Waals surface area contributed by atoms with Crippen molar-refractivity contribution in [1.29, 1.82) is 0 Å². The van der Waals surface area contributed by atoms with Crippen LogP contribution < -0.4 is 5.32 Å². The summed E-state index contributed by atoms with van der Waals surface area (Å²) in [6, 6.07) is 0. The molecule has 6 nitrogen and oxygen atoms in total. The summed E-state index contributed by atoms with van der Waals surface area (Å²) < 4.78 is 7.82. The average molecular weight is 261 g/mol. The summed E-state index contributed by atoms with van der Waals surface area (Å²) in [6.07, 6.45) is 7.24. The molecular formula is C11H11N5OS. The lowest BCUT2D eigenvalue weighted by atomic mass is 9.87. The number of hydrogen-bond donors (Lipinski definition) is 1. The molecule has 2 aromatic heterocycles. The maximum Gasteiger partial charge on any atom is 0.229 e. The van der Waals surface area contributed by atoms with Crippen LogP contribution >= 0.6 is 11.7 Å². The van der Waals surface area contributed by atoms with Gasteiger partial charge >= 0.3 is 0 Å². The molecule has 0 saturated carbocycles. The van der Waals surface area contributed by atoms with Crippen LogP contribution in [-0.2, 0) is 17.6 Å². The lowest BCUT2D eigenvalue weighted by molar-refractivity contribution is -0.120. The van der Waals surface area contributed by atoms with Gasteiger partial charge in [-0.2, -0.15) is 8.75 Å². The molecule has 0 aliphatic heterocycles. The fourth-order valence-electron chi connectivity index (χ4n) is 2.13. The highest BCUT2D eigenvalue weighted by Gasteiger charge is 2.25. The van der Waals surface area contributed by atoms with Gasteiger partial charge in [-0.05, 0) is 24.8 Å². The number of anilines is 1. The van der Waals surface area contributed by atoms with Gasteiger partial charge in [0.2, 0.25) is 5.91 Å². The van der Waals surface area contributed by atoms with Crippen molar-refractivity contribution in [2.24, 2.45) is 5.92 Å². The number of hydrogen-bond acceptors (Lipinski definition) is 6. The molecule has 1 atom stereocenters. The summed E-state index contributed by atoms with van der Waals surface area (Å²) in [7, 11) is 0. The molecule has 2 heterocycles. The summed E-state index contributed by atoms with van der Waals surface area (Å²) >= 11 is 1.08. The lowest BCUT2D eigenvalue weighted by Gasteiger charge is -2.21. The van der Waals surface area contributed by atoms with Crippen LogP contribution in [0.2, 0.25) is 0 Å². The molecule has 0 saturated heterocycles. The van der Waals surface area contributed by atoms with Crippen molar-refractivity contribution in [3.8, 4) is 0 Å². The third kappa shape index (κ3) is 2.21. The van der Waals surface area contributed by atoms with E-state index in [9.17, 15) is 4.79 Å². The summed E-state index contributed by atoms with van der Waals surface area (Å²) in [5, 5.41) is 2.78. The molecule has 0 aromatic carbocycles. The van der Waals surface area contributed by atoms with Crippen molar-refractivity contribution >= 4 is 23.5 Å². The molecule has 2 aromatic rings. The average Bonchev–Trinajstić information content (AvgIpc) is 2.91. The number of nitrogens with zero attached hydrogens (tertiary/aromatic N) is 4. The summed E-state index contributed by atoms with van der Waals surface area (Å²) in [5.41, 5.74) is 2.13. The third-order valence-corrected chi connectivity index (χ3v) is 3.54. The number of amides is 1. The van der Waals surface area contributed by atoms with E-state index in [1.54, 1.807) is 18.7 Å². The molecule has 7 heteroatoms. The predicted octanol–water partition coefficient (Wildman–Crippen LogP) is 1.07. The Labute approximate surface area is 108 Å². The van der Waals surface area contributed by atoms with E-state index in [0.717, 1.165) is 35.8 Å². The zero-order chi connectivity index (χ0) is 12.4. The zero-order valence-electron chi connectivity index (χ0n) is 9.54. The molecule has 92 valence electrons. The number of fused-ring (bicyclic) bond motifs is 1. The summed E-state index contributed by atoms with van der Waals surface area (Å²) in [6.45, 7) is 0. The monoisotopic (exact) mass is 261 g/mol. The van der Waals surface area contributed by atoms with Crippen LogP contribution in [0.15, 0.2) is 18.7 Å². The van der Waals surface area contributed by atoms with E-state index in [4.69, 9.17) is 0 Å². The second-order valence-corrected chi connectivity index (χ2v) is 4.77. The molecule has 3 rings (SSSR count). The molecule has 1 aliphatic carbocycles. The first kappa shape index (κ1) is 11.2. The molecule has 18 heavy (non-hydrogen) atoms. The molecule has 1 N–H and O–H groups in total. The molecule has 0 bridgehead atoms. The molecule has 1 aliphatic rings. The Morgan fingerprint density at radius 1 is 1.44 bits per heavy atom. The quantitative estimate of drug-likeness (QED) is 0.874. The van der Waals surface area contributed by atoms with Gasteiger partial charge in [-0.25, -0.2) is 9.97 Å². The fourth-order valence-corrected chi connectivity index (χ4v) is 2.50. The molecule has 0 spiro atoms. The van der Waals surface area contributed by atoms with Crippen molar-refractivity contribution in [1.82, 2.24) is 18.7 Å². The van der Waals surface area contributed by atoms with Gasteiger partial charge in [-0.1, -0.05) is 0 Å². The van der Waals surface area contributed by atoms with Gasteiger partial charge in [-0.15, -0.1) is 0 Å². The number of aromatic nitrogens is 4. The maximum atomic E-state index is 12.1. The van der Waals surface area contributed by atoms with Crippen LogP contribution in [0, 0.1) is 5.92 Å². The minimum atomic E-state index is -0.0369. The van der Waals surface area contributed by atoms with E-state index in [-0.39, 0.29) is 11.8 Å². The fraction of sp³-hybridized carbons (Fsp3) is 0.364. The molecule has 0 radical (unpaired) electrons. The third-order valence-electron chi connectivity index (χ3n) is 3.06. The van der Waals surface area contributed by atoms with Crippen LogP contribution in [-0.4, -0.2) is 24.6 Å². The highest BCUT2D eigenvalue weighted by atomic mass is 32.1. The topological polar surface area (TPSA) is 80.7 Å². The van der Waals surface area contributed by atoms with Gasteiger partial charge < -0.3 is 5.32 Å². The molecule has 1 unspecified atom stereocenters. The standard InChI is InChI=1S/C11H11N5OS/c17-11(15-10-5-14-18-16-10)7-1-2-9-8(3-7)4-12-6-13-9/h4-7H,1-3H2,(H,15,16,17). The Kier molecular flexibility index (Phi) is 2.97. The van der Waals surface area contributed by atoms with Crippen molar-refractivity contribution in [3.05, 3.63) is 30.0 Å². The first-order valence-corrected chi connectivity index (χ1v) is 6.42. The van der Waals surface area contributed by atoms with Crippen LogP contribution in [0.3, 0.4) is 0 Å². The Bertz CT molecular complexity index is 556. The number of carbonyl (C=O) groups is 1. The summed E-state index contributed by atoms with van der Waals surface area (Å²) in [4.78, 5) is 20.3.